The predicted octanol–water partition coefficient (Wildman–Crippen LogP) is 2.83. The molecule has 80 valence electrons. The number of hydrogen-bond donors (Lipinski definition) is 1. The molecule has 0 amide bonds. The van der Waals surface area contributed by atoms with Gasteiger partial charge in [0, 0.05) is 0 Å². The molecule has 0 aliphatic carbocycles. The second-order valence-electron chi connectivity index (χ2n) is 2.66. The Labute approximate surface area is 104 Å². The first-order valence-electron chi connectivity index (χ1n) is 3.98. The third-order valence-electron chi connectivity index (χ3n) is 1.54. The number of aromatic nitrogens is 3. The molecule has 0 spiro atoms. The van der Waals surface area contributed by atoms with E-state index in [0.29, 0.717) is 9.60 Å². The molecular weight excluding hydrogens is 272 g/mol. The fourth-order valence-corrected chi connectivity index (χ4v) is 3.83. The summed E-state index contributed by atoms with van der Waals surface area (Å²) in [6.07, 6.45) is 0. The van der Waals surface area contributed by atoms with Crippen molar-refractivity contribution in [2.75, 3.05) is 5.73 Å². The lowest BCUT2D eigenvalue weighted by atomic mass is 10.6. The number of halogens is 1. The number of thiazole rings is 1. The smallest absolute Gasteiger partial charge is 0.207 e. The lowest BCUT2D eigenvalue weighted by molar-refractivity contribution is 1.04. The number of rotatable bonds is 3. The van der Waals surface area contributed by atoms with E-state index in [1.165, 1.54) is 22.7 Å². The highest BCUT2D eigenvalue weighted by Crippen LogP contribution is 2.33. The second-order valence-corrected chi connectivity index (χ2v) is 6.58. The minimum Gasteiger partial charge on any atom is -0.375 e. The Morgan fingerprint density at radius 3 is 2.73 bits per heavy atom. The highest BCUT2D eigenvalue weighted by atomic mass is 35.5. The molecule has 2 aromatic rings. The largest absolute Gasteiger partial charge is 0.375 e. The number of hydrogen-bond acceptors (Lipinski definition) is 7. The molecule has 15 heavy (non-hydrogen) atoms. The van der Waals surface area contributed by atoms with Gasteiger partial charge in [0.2, 0.25) is 4.47 Å². The van der Waals surface area contributed by atoms with Gasteiger partial charge in [0.15, 0.2) is 5.13 Å². The van der Waals surface area contributed by atoms with Crippen molar-refractivity contribution < 1.29 is 0 Å². The van der Waals surface area contributed by atoms with E-state index in [4.69, 9.17) is 17.3 Å². The van der Waals surface area contributed by atoms with Crippen molar-refractivity contribution in [3.8, 4) is 0 Å². The van der Waals surface area contributed by atoms with Crippen molar-refractivity contribution in [2.24, 2.45) is 0 Å². The standard InChI is InChI=1S/C7H7ClN4S3/c1-3-5(15-7(9)10-3)13-2-4-11-12-6(8)14-4/h2H2,1H3,(H2,9,10). The van der Waals surface area contributed by atoms with Gasteiger partial charge in [-0.05, 0) is 18.5 Å². The summed E-state index contributed by atoms with van der Waals surface area (Å²) in [7, 11) is 0. The zero-order valence-electron chi connectivity index (χ0n) is 7.73. The number of nitrogens with two attached hydrogens (primary N) is 1. The molecule has 0 saturated heterocycles. The monoisotopic (exact) mass is 278 g/mol. The molecule has 0 saturated carbocycles. The Hall–Kier alpha value is -0.370. The highest BCUT2D eigenvalue weighted by Gasteiger charge is 2.08. The average Bonchev–Trinajstić information content (AvgIpc) is 2.70. The Kier molecular flexibility index (Phi) is 3.45. The molecule has 2 rings (SSSR count). The minimum absolute atomic E-state index is 0.478. The van der Waals surface area contributed by atoms with Crippen LogP contribution in [0.25, 0.3) is 0 Å². The number of thioether (sulfide) groups is 1. The van der Waals surface area contributed by atoms with Gasteiger partial charge in [0.05, 0.1) is 15.7 Å². The van der Waals surface area contributed by atoms with Crippen LogP contribution in [-0.4, -0.2) is 15.2 Å². The summed E-state index contributed by atoms with van der Waals surface area (Å²) >= 11 is 10.2. The number of anilines is 1. The van der Waals surface area contributed by atoms with Crippen LogP contribution < -0.4 is 5.73 Å². The summed E-state index contributed by atoms with van der Waals surface area (Å²) in [5.74, 6) is 0.757. The Bertz CT molecular complexity index is 467. The summed E-state index contributed by atoms with van der Waals surface area (Å²) < 4.78 is 1.60. The molecule has 0 bridgehead atoms. The van der Waals surface area contributed by atoms with E-state index in [0.717, 1.165) is 20.7 Å². The maximum atomic E-state index is 5.68. The third-order valence-corrected chi connectivity index (χ3v) is 5.10. The lowest BCUT2D eigenvalue weighted by Crippen LogP contribution is -1.81. The van der Waals surface area contributed by atoms with Crippen LogP contribution in [0.1, 0.15) is 10.7 Å². The molecule has 2 heterocycles. The van der Waals surface area contributed by atoms with Crippen molar-refractivity contribution in [3.05, 3.63) is 15.2 Å². The van der Waals surface area contributed by atoms with Crippen LogP contribution in [0.5, 0.6) is 0 Å². The summed E-state index contributed by atoms with van der Waals surface area (Å²) in [6, 6.07) is 0. The van der Waals surface area contributed by atoms with Crippen LogP contribution in [0.3, 0.4) is 0 Å². The molecule has 0 aliphatic rings. The number of nitrogens with zero attached hydrogens (tertiary/aromatic N) is 3. The van der Waals surface area contributed by atoms with Gasteiger partial charge in [0.25, 0.3) is 0 Å². The topological polar surface area (TPSA) is 64.7 Å². The van der Waals surface area contributed by atoms with Crippen LogP contribution in [0.2, 0.25) is 4.47 Å². The summed E-state index contributed by atoms with van der Waals surface area (Å²) in [4.78, 5) is 4.15. The fraction of sp³-hybridized carbons (Fsp3) is 0.286. The van der Waals surface area contributed by atoms with Crippen molar-refractivity contribution in [3.63, 3.8) is 0 Å². The van der Waals surface area contributed by atoms with Crippen LogP contribution in [-0.2, 0) is 5.75 Å². The SMILES string of the molecule is Cc1nc(N)sc1SCc1nnc(Cl)s1. The van der Waals surface area contributed by atoms with Gasteiger partial charge in [-0.2, -0.15) is 0 Å². The van der Waals surface area contributed by atoms with E-state index in [1.807, 2.05) is 6.92 Å². The number of nitrogen functional groups attached to an aromatic ring is 1. The Morgan fingerprint density at radius 1 is 1.40 bits per heavy atom. The van der Waals surface area contributed by atoms with Gasteiger partial charge in [-0.15, -0.1) is 22.0 Å². The first kappa shape index (κ1) is 11.1. The molecule has 0 aliphatic heterocycles. The van der Waals surface area contributed by atoms with Crippen LogP contribution in [0, 0.1) is 6.92 Å². The Balaban J connectivity index is 2.01. The molecule has 2 N–H and O–H groups in total. The van der Waals surface area contributed by atoms with Crippen LogP contribution in [0.15, 0.2) is 4.21 Å². The maximum absolute atomic E-state index is 5.68. The summed E-state index contributed by atoms with van der Waals surface area (Å²) in [6.45, 7) is 1.95. The van der Waals surface area contributed by atoms with Gasteiger partial charge in [-0.3, -0.25) is 0 Å². The summed E-state index contributed by atoms with van der Waals surface area (Å²) in [5, 5.41) is 9.19. The predicted molar refractivity (Wildman–Crippen MR) is 65.7 cm³/mol. The molecule has 0 unspecified atom stereocenters. The molecule has 0 aromatic carbocycles. The second kappa shape index (κ2) is 4.65. The van der Waals surface area contributed by atoms with E-state index >= 15 is 0 Å². The first-order chi connectivity index (χ1) is 7.15. The molecule has 2 aromatic heterocycles. The van der Waals surface area contributed by atoms with Gasteiger partial charge in [-0.1, -0.05) is 22.7 Å². The average molecular weight is 279 g/mol. The zero-order chi connectivity index (χ0) is 10.8. The van der Waals surface area contributed by atoms with E-state index in [9.17, 15) is 0 Å². The van der Waals surface area contributed by atoms with E-state index in [-0.39, 0.29) is 0 Å². The Morgan fingerprint density at radius 2 is 2.20 bits per heavy atom. The summed E-state index contributed by atoms with van der Waals surface area (Å²) in [5.41, 5.74) is 6.57. The van der Waals surface area contributed by atoms with Crippen molar-refractivity contribution >= 4 is 51.2 Å². The van der Waals surface area contributed by atoms with Gasteiger partial charge in [0.1, 0.15) is 5.01 Å². The van der Waals surface area contributed by atoms with Crippen LogP contribution >= 0.6 is 46.0 Å². The van der Waals surface area contributed by atoms with Crippen LogP contribution in [0.4, 0.5) is 5.13 Å². The normalized spacial score (nSPS) is 10.8. The molecule has 0 fully saturated rings. The van der Waals surface area contributed by atoms with Gasteiger partial charge >= 0.3 is 0 Å². The maximum Gasteiger partial charge on any atom is 0.207 e. The third kappa shape index (κ3) is 2.81. The minimum atomic E-state index is 0.478. The van der Waals surface area contributed by atoms with E-state index in [2.05, 4.69) is 15.2 Å². The van der Waals surface area contributed by atoms with Crippen molar-refractivity contribution in [1.82, 2.24) is 15.2 Å². The molecule has 8 heteroatoms. The number of aryl methyl sites for hydroxylation is 1. The lowest BCUT2D eigenvalue weighted by Gasteiger charge is -1.93. The van der Waals surface area contributed by atoms with E-state index < -0.39 is 0 Å². The first-order valence-corrected chi connectivity index (χ1v) is 6.98. The molecule has 0 atom stereocenters. The van der Waals surface area contributed by atoms with Crippen molar-refractivity contribution in [2.45, 2.75) is 16.9 Å². The molecule has 0 radical (unpaired) electrons. The van der Waals surface area contributed by atoms with Crippen molar-refractivity contribution in [1.29, 1.82) is 0 Å². The quantitative estimate of drug-likeness (QED) is 0.875. The molecular formula is C7H7ClN4S3. The molecule has 4 nitrogen and oxygen atoms in total. The zero-order valence-corrected chi connectivity index (χ0v) is 10.9. The van der Waals surface area contributed by atoms with E-state index in [1.54, 1.807) is 11.8 Å². The van der Waals surface area contributed by atoms with Gasteiger partial charge < -0.3 is 5.73 Å². The van der Waals surface area contributed by atoms with Gasteiger partial charge in [-0.25, -0.2) is 4.98 Å². The fourth-order valence-electron chi connectivity index (χ4n) is 0.955. The highest BCUT2D eigenvalue weighted by molar-refractivity contribution is 8.00.